The molecule has 0 amide bonds. The van der Waals surface area contributed by atoms with Crippen molar-refractivity contribution >= 4 is 11.8 Å². The van der Waals surface area contributed by atoms with Crippen molar-refractivity contribution in [3.05, 3.63) is 35.4 Å². The van der Waals surface area contributed by atoms with Crippen molar-refractivity contribution in [3.63, 3.8) is 0 Å². The molecule has 3 heteroatoms. The normalized spacial score (nSPS) is 12.9. The predicted octanol–water partition coefficient (Wildman–Crippen LogP) is 3.19. The molecule has 0 aliphatic carbocycles. The van der Waals surface area contributed by atoms with Crippen molar-refractivity contribution in [2.24, 2.45) is 0 Å². The minimum absolute atomic E-state index is 0.475. The van der Waals surface area contributed by atoms with E-state index < -0.39 is 0 Å². The average Bonchev–Trinajstić information content (AvgIpc) is 2.42. The Balaban J connectivity index is 2.50. The van der Waals surface area contributed by atoms with Gasteiger partial charge in [-0.05, 0) is 38.2 Å². The van der Waals surface area contributed by atoms with Gasteiger partial charge in [0.05, 0.1) is 0 Å². The molecule has 0 aliphatic rings. The van der Waals surface area contributed by atoms with Gasteiger partial charge in [-0.15, -0.1) is 0 Å². The molecule has 0 aliphatic heterocycles. The van der Waals surface area contributed by atoms with Gasteiger partial charge in [-0.2, -0.15) is 11.8 Å². The van der Waals surface area contributed by atoms with Crippen molar-refractivity contribution in [1.29, 1.82) is 0 Å². The second kappa shape index (κ2) is 9.40. The molecule has 1 atom stereocenters. The Bertz CT molecular complexity index is 335. The summed E-state index contributed by atoms with van der Waals surface area (Å²) in [6.45, 7) is 6.55. The van der Waals surface area contributed by atoms with Crippen LogP contribution in [0.4, 0.5) is 0 Å². The van der Waals surface area contributed by atoms with Gasteiger partial charge in [0.1, 0.15) is 0 Å². The molecular formula is C16H28N2S. The lowest BCUT2D eigenvalue weighted by Gasteiger charge is -2.19. The van der Waals surface area contributed by atoms with Crippen molar-refractivity contribution < 1.29 is 0 Å². The summed E-state index contributed by atoms with van der Waals surface area (Å²) in [5.74, 6) is 2.34. The Kier molecular flexibility index (Phi) is 8.19. The van der Waals surface area contributed by atoms with Crippen LogP contribution in [0.5, 0.6) is 0 Å². The fourth-order valence-corrected chi connectivity index (χ4v) is 3.16. The van der Waals surface area contributed by atoms with Crippen LogP contribution in [0.15, 0.2) is 24.3 Å². The van der Waals surface area contributed by atoms with Gasteiger partial charge in [-0.3, -0.25) is 0 Å². The van der Waals surface area contributed by atoms with E-state index in [1.807, 2.05) is 11.8 Å². The largest absolute Gasteiger partial charge is 0.310 e. The highest BCUT2D eigenvalue weighted by molar-refractivity contribution is 7.99. The summed E-state index contributed by atoms with van der Waals surface area (Å²) in [5, 5.41) is 3.59. The SMILES string of the molecule is CCNC(CSCCN(C)C)c1ccc(CC)cc1. The Morgan fingerprint density at radius 3 is 2.37 bits per heavy atom. The molecule has 0 saturated carbocycles. The Morgan fingerprint density at radius 2 is 1.84 bits per heavy atom. The van der Waals surface area contributed by atoms with Crippen molar-refractivity contribution in [3.8, 4) is 0 Å². The summed E-state index contributed by atoms with van der Waals surface area (Å²) in [5.41, 5.74) is 2.83. The number of aryl methyl sites for hydroxylation is 1. The standard InChI is InChI=1S/C16H28N2S/c1-5-14-7-9-15(10-8-14)16(17-6-2)13-19-12-11-18(3)4/h7-10,16-17H,5-6,11-13H2,1-4H3. The van der Waals surface area contributed by atoms with Crippen LogP contribution in [0, 0.1) is 0 Å². The molecule has 1 aromatic rings. The summed E-state index contributed by atoms with van der Waals surface area (Å²) in [7, 11) is 4.26. The van der Waals surface area contributed by atoms with Crippen LogP contribution in [0.25, 0.3) is 0 Å². The molecule has 0 radical (unpaired) electrons. The smallest absolute Gasteiger partial charge is 0.0411 e. The first-order valence-electron chi connectivity index (χ1n) is 7.22. The van der Waals surface area contributed by atoms with E-state index in [-0.39, 0.29) is 0 Å². The molecule has 1 rings (SSSR count). The predicted molar refractivity (Wildman–Crippen MR) is 88.1 cm³/mol. The Hall–Kier alpha value is -0.510. The first kappa shape index (κ1) is 16.5. The number of hydrogen-bond acceptors (Lipinski definition) is 3. The summed E-state index contributed by atoms with van der Waals surface area (Å²) in [4.78, 5) is 2.24. The van der Waals surface area contributed by atoms with Crippen LogP contribution in [0.3, 0.4) is 0 Å². The second-order valence-corrected chi connectivity index (χ2v) is 6.23. The van der Waals surface area contributed by atoms with Gasteiger partial charge in [0.15, 0.2) is 0 Å². The lowest BCUT2D eigenvalue weighted by atomic mass is 10.1. The Labute approximate surface area is 123 Å². The molecule has 0 bridgehead atoms. The fourth-order valence-electron chi connectivity index (χ4n) is 1.95. The second-order valence-electron chi connectivity index (χ2n) is 5.08. The molecule has 0 saturated heterocycles. The van der Waals surface area contributed by atoms with E-state index in [1.54, 1.807) is 0 Å². The van der Waals surface area contributed by atoms with Gasteiger partial charge in [0.25, 0.3) is 0 Å². The molecule has 108 valence electrons. The molecular weight excluding hydrogens is 252 g/mol. The molecule has 0 spiro atoms. The summed E-state index contributed by atoms with van der Waals surface area (Å²) in [6, 6.07) is 9.54. The van der Waals surface area contributed by atoms with E-state index in [2.05, 4.69) is 62.4 Å². The molecule has 19 heavy (non-hydrogen) atoms. The zero-order valence-corrected chi connectivity index (χ0v) is 13.6. The molecule has 0 heterocycles. The molecule has 0 aromatic heterocycles. The van der Waals surface area contributed by atoms with E-state index in [0.717, 1.165) is 25.3 Å². The van der Waals surface area contributed by atoms with E-state index in [9.17, 15) is 0 Å². The molecule has 2 nitrogen and oxygen atoms in total. The van der Waals surface area contributed by atoms with Crippen LogP contribution >= 0.6 is 11.8 Å². The average molecular weight is 280 g/mol. The van der Waals surface area contributed by atoms with Crippen molar-refractivity contribution in [1.82, 2.24) is 10.2 Å². The fraction of sp³-hybridized carbons (Fsp3) is 0.625. The molecule has 1 unspecified atom stereocenters. The monoisotopic (exact) mass is 280 g/mol. The molecule has 1 N–H and O–H groups in total. The third-order valence-electron chi connectivity index (χ3n) is 3.21. The number of hydrogen-bond donors (Lipinski definition) is 1. The lowest BCUT2D eigenvalue weighted by molar-refractivity contribution is 0.437. The van der Waals surface area contributed by atoms with Crippen LogP contribution in [-0.4, -0.2) is 43.6 Å². The van der Waals surface area contributed by atoms with Crippen LogP contribution in [0.2, 0.25) is 0 Å². The van der Waals surface area contributed by atoms with Gasteiger partial charge in [-0.25, -0.2) is 0 Å². The zero-order chi connectivity index (χ0) is 14.1. The highest BCUT2D eigenvalue weighted by Gasteiger charge is 2.10. The maximum Gasteiger partial charge on any atom is 0.0411 e. The van der Waals surface area contributed by atoms with Crippen LogP contribution in [-0.2, 0) is 6.42 Å². The van der Waals surface area contributed by atoms with Crippen molar-refractivity contribution in [2.45, 2.75) is 26.3 Å². The van der Waals surface area contributed by atoms with Crippen LogP contribution in [0.1, 0.15) is 31.0 Å². The van der Waals surface area contributed by atoms with Gasteiger partial charge >= 0.3 is 0 Å². The molecule has 1 aromatic carbocycles. The van der Waals surface area contributed by atoms with Gasteiger partial charge < -0.3 is 10.2 Å². The van der Waals surface area contributed by atoms with Gasteiger partial charge in [0.2, 0.25) is 0 Å². The van der Waals surface area contributed by atoms with Crippen molar-refractivity contribution in [2.75, 3.05) is 38.7 Å². The highest BCUT2D eigenvalue weighted by atomic mass is 32.2. The van der Waals surface area contributed by atoms with E-state index in [1.165, 1.54) is 16.9 Å². The van der Waals surface area contributed by atoms with E-state index in [4.69, 9.17) is 0 Å². The quantitative estimate of drug-likeness (QED) is 0.699. The number of thioether (sulfide) groups is 1. The number of rotatable bonds is 9. The first-order valence-corrected chi connectivity index (χ1v) is 8.37. The first-order chi connectivity index (χ1) is 9.17. The molecule has 0 fully saturated rings. The van der Waals surface area contributed by atoms with Gasteiger partial charge in [0, 0.05) is 24.1 Å². The lowest BCUT2D eigenvalue weighted by Crippen LogP contribution is -2.24. The van der Waals surface area contributed by atoms with Gasteiger partial charge in [-0.1, -0.05) is 38.1 Å². The maximum atomic E-state index is 3.59. The minimum Gasteiger partial charge on any atom is -0.310 e. The van der Waals surface area contributed by atoms with E-state index in [0.29, 0.717) is 6.04 Å². The third-order valence-corrected chi connectivity index (χ3v) is 4.25. The third kappa shape index (κ3) is 6.46. The summed E-state index contributed by atoms with van der Waals surface area (Å²) in [6.07, 6.45) is 1.11. The van der Waals surface area contributed by atoms with E-state index >= 15 is 0 Å². The summed E-state index contributed by atoms with van der Waals surface area (Å²) >= 11 is 2.03. The minimum atomic E-state index is 0.475. The highest BCUT2D eigenvalue weighted by Crippen LogP contribution is 2.19. The van der Waals surface area contributed by atoms with Crippen LogP contribution < -0.4 is 5.32 Å². The summed E-state index contributed by atoms with van der Waals surface area (Å²) < 4.78 is 0. The number of nitrogens with one attached hydrogen (secondary N) is 1. The topological polar surface area (TPSA) is 15.3 Å². The zero-order valence-electron chi connectivity index (χ0n) is 12.8. The maximum absolute atomic E-state index is 3.59. The number of benzene rings is 1. The Morgan fingerprint density at radius 1 is 1.16 bits per heavy atom. The number of nitrogens with zero attached hydrogens (tertiary/aromatic N) is 1.